The van der Waals surface area contributed by atoms with Crippen LogP contribution in [0.25, 0.3) is 0 Å². The number of anilines is 1. The van der Waals surface area contributed by atoms with Gasteiger partial charge in [-0.15, -0.1) is 0 Å². The Hall–Kier alpha value is -3.09. The Kier molecular flexibility index (Phi) is 4.57. The summed E-state index contributed by atoms with van der Waals surface area (Å²) in [5, 5.41) is 22.6. The van der Waals surface area contributed by atoms with Gasteiger partial charge in [0.15, 0.2) is 6.61 Å². The maximum atomic E-state index is 11.8. The van der Waals surface area contributed by atoms with E-state index in [-0.39, 0.29) is 23.7 Å². The van der Waals surface area contributed by atoms with Crippen molar-refractivity contribution in [2.75, 3.05) is 11.9 Å². The fraction of sp³-hybridized carbons (Fsp3) is 0.133. The largest absolute Gasteiger partial charge is 0.506 e. The Morgan fingerprint density at radius 2 is 1.95 bits per heavy atom. The van der Waals surface area contributed by atoms with Gasteiger partial charge in [-0.3, -0.25) is 14.9 Å². The number of carbonyl (C=O) groups excluding carboxylic acids is 1. The predicted molar refractivity (Wildman–Crippen MR) is 80.1 cm³/mol. The molecule has 0 aromatic heterocycles. The van der Waals surface area contributed by atoms with Gasteiger partial charge in [0.2, 0.25) is 0 Å². The van der Waals surface area contributed by atoms with Crippen molar-refractivity contribution < 1.29 is 19.6 Å². The zero-order valence-corrected chi connectivity index (χ0v) is 11.8. The third-order valence-electron chi connectivity index (χ3n) is 2.86. The minimum Gasteiger partial charge on any atom is -0.506 e. The number of hydrogen-bond acceptors (Lipinski definition) is 5. The monoisotopic (exact) mass is 302 g/mol. The molecule has 0 aliphatic carbocycles. The van der Waals surface area contributed by atoms with Crippen LogP contribution in [0.1, 0.15) is 5.56 Å². The van der Waals surface area contributed by atoms with Crippen LogP contribution < -0.4 is 10.1 Å². The van der Waals surface area contributed by atoms with E-state index in [2.05, 4.69) is 5.32 Å². The molecule has 7 heteroatoms. The highest BCUT2D eigenvalue weighted by molar-refractivity contribution is 5.93. The highest BCUT2D eigenvalue weighted by atomic mass is 16.6. The van der Waals surface area contributed by atoms with E-state index < -0.39 is 10.8 Å². The summed E-state index contributed by atoms with van der Waals surface area (Å²) in [6, 6.07) is 10.5. The standard InChI is InChI=1S/C15H14N2O5/c1-10-2-5-12(6-3-10)22-9-15(19)16-13-8-11(17(20)21)4-7-14(13)18/h2-8,18H,9H2,1H3,(H,16,19). The number of phenols is 1. The van der Waals surface area contributed by atoms with Gasteiger partial charge < -0.3 is 15.2 Å². The fourth-order valence-corrected chi connectivity index (χ4v) is 1.71. The molecule has 0 unspecified atom stereocenters. The molecule has 114 valence electrons. The lowest BCUT2D eigenvalue weighted by molar-refractivity contribution is -0.384. The summed E-state index contributed by atoms with van der Waals surface area (Å²) in [6.07, 6.45) is 0. The second-order valence-corrected chi connectivity index (χ2v) is 4.61. The molecule has 1 amide bonds. The topological polar surface area (TPSA) is 102 Å². The molecule has 0 atom stereocenters. The first-order valence-corrected chi connectivity index (χ1v) is 6.42. The van der Waals surface area contributed by atoms with Crippen molar-refractivity contribution in [3.05, 3.63) is 58.1 Å². The Bertz CT molecular complexity index is 698. The van der Waals surface area contributed by atoms with Crippen LogP contribution in [0.5, 0.6) is 11.5 Å². The summed E-state index contributed by atoms with van der Waals surface area (Å²) in [4.78, 5) is 21.8. The molecule has 0 radical (unpaired) electrons. The molecule has 2 aromatic rings. The second-order valence-electron chi connectivity index (χ2n) is 4.61. The minimum atomic E-state index is -0.613. The molecule has 0 heterocycles. The number of phenolic OH excluding ortho intramolecular Hbond substituents is 1. The van der Waals surface area contributed by atoms with Crippen LogP contribution in [0.15, 0.2) is 42.5 Å². The number of ether oxygens (including phenoxy) is 1. The van der Waals surface area contributed by atoms with E-state index >= 15 is 0 Å². The van der Waals surface area contributed by atoms with Gasteiger partial charge in [0.1, 0.15) is 11.5 Å². The highest BCUT2D eigenvalue weighted by Crippen LogP contribution is 2.27. The highest BCUT2D eigenvalue weighted by Gasteiger charge is 2.13. The smallest absolute Gasteiger partial charge is 0.271 e. The number of carbonyl (C=O) groups is 1. The van der Waals surface area contributed by atoms with Gasteiger partial charge in [-0.1, -0.05) is 17.7 Å². The van der Waals surface area contributed by atoms with Gasteiger partial charge in [0.05, 0.1) is 10.6 Å². The molecule has 22 heavy (non-hydrogen) atoms. The van der Waals surface area contributed by atoms with Gasteiger partial charge in [0, 0.05) is 12.1 Å². The molecular formula is C15H14N2O5. The van der Waals surface area contributed by atoms with Crippen LogP contribution in [0.4, 0.5) is 11.4 Å². The summed E-state index contributed by atoms with van der Waals surface area (Å²) >= 11 is 0. The number of nitro benzene ring substituents is 1. The summed E-state index contributed by atoms with van der Waals surface area (Å²) in [5.74, 6) is -0.255. The van der Waals surface area contributed by atoms with Gasteiger partial charge >= 0.3 is 0 Å². The van der Waals surface area contributed by atoms with Crippen LogP contribution in [-0.4, -0.2) is 22.5 Å². The van der Waals surface area contributed by atoms with Crippen LogP contribution in [0.3, 0.4) is 0 Å². The molecule has 0 spiro atoms. The van der Waals surface area contributed by atoms with Crippen molar-refractivity contribution >= 4 is 17.3 Å². The van der Waals surface area contributed by atoms with E-state index in [4.69, 9.17) is 4.74 Å². The van der Waals surface area contributed by atoms with Crippen molar-refractivity contribution in [2.45, 2.75) is 6.92 Å². The van der Waals surface area contributed by atoms with E-state index in [1.165, 1.54) is 0 Å². The third kappa shape index (κ3) is 3.95. The number of nitro groups is 1. The molecule has 2 rings (SSSR count). The van der Waals surface area contributed by atoms with Gasteiger partial charge in [-0.05, 0) is 25.1 Å². The van der Waals surface area contributed by atoms with Crippen molar-refractivity contribution in [3.8, 4) is 11.5 Å². The number of hydrogen-bond donors (Lipinski definition) is 2. The normalized spacial score (nSPS) is 10.0. The Balaban J connectivity index is 1.98. The number of rotatable bonds is 5. The molecule has 0 aliphatic rings. The average molecular weight is 302 g/mol. The number of benzene rings is 2. The van der Waals surface area contributed by atoms with Crippen LogP contribution in [0.2, 0.25) is 0 Å². The van der Waals surface area contributed by atoms with E-state index in [1.54, 1.807) is 12.1 Å². The number of non-ortho nitro benzene ring substituents is 1. The zero-order chi connectivity index (χ0) is 16.1. The molecule has 0 saturated heterocycles. The summed E-state index contributed by atoms with van der Waals surface area (Å²) in [7, 11) is 0. The van der Waals surface area contributed by atoms with Crippen LogP contribution >= 0.6 is 0 Å². The fourth-order valence-electron chi connectivity index (χ4n) is 1.71. The molecule has 7 nitrogen and oxygen atoms in total. The number of aryl methyl sites for hydroxylation is 1. The van der Waals surface area contributed by atoms with Crippen LogP contribution in [0, 0.1) is 17.0 Å². The molecule has 2 N–H and O–H groups in total. The third-order valence-corrected chi connectivity index (χ3v) is 2.86. The quantitative estimate of drug-likeness (QED) is 0.502. The average Bonchev–Trinajstić information content (AvgIpc) is 2.48. The first kappa shape index (κ1) is 15.3. The Labute approximate surface area is 126 Å². The number of aromatic hydroxyl groups is 1. The van der Waals surface area contributed by atoms with Crippen molar-refractivity contribution in [1.29, 1.82) is 0 Å². The van der Waals surface area contributed by atoms with E-state index in [0.29, 0.717) is 5.75 Å². The molecule has 0 fully saturated rings. The second kappa shape index (κ2) is 6.57. The zero-order valence-electron chi connectivity index (χ0n) is 11.8. The van der Waals surface area contributed by atoms with Crippen LogP contribution in [-0.2, 0) is 4.79 Å². The lowest BCUT2D eigenvalue weighted by atomic mass is 10.2. The van der Waals surface area contributed by atoms with Crippen molar-refractivity contribution in [1.82, 2.24) is 0 Å². The summed E-state index contributed by atoms with van der Waals surface area (Å²) in [6.45, 7) is 1.66. The molecular weight excluding hydrogens is 288 g/mol. The lowest BCUT2D eigenvalue weighted by Gasteiger charge is -2.09. The van der Waals surface area contributed by atoms with Gasteiger partial charge in [-0.25, -0.2) is 0 Å². The van der Waals surface area contributed by atoms with E-state index in [0.717, 1.165) is 23.8 Å². The number of nitrogens with zero attached hydrogens (tertiary/aromatic N) is 1. The summed E-state index contributed by atoms with van der Waals surface area (Å²) in [5.41, 5.74) is 0.803. The predicted octanol–water partition coefficient (Wildman–Crippen LogP) is 2.63. The van der Waals surface area contributed by atoms with E-state index in [9.17, 15) is 20.0 Å². The molecule has 0 bridgehead atoms. The molecule has 0 saturated carbocycles. The first-order chi connectivity index (χ1) is 10.5. The maximum Gasteiger partial charge on any atom is 0.271 e. The summed E-state index contributed by atoms with van der Waals surface area (Å²) < 4.78 is 5.29. The van der Waals surface area contributed by atoms with Crippen molar-refractivity contribution in [2.24, 2.45) is 0 Å². The lowest BCUT2D eigenvalue weighted by Crippen LogP contribution is -2.20. The van der Waals surface area contributed by atoms with E-state index in [1.807, 2.05) is 19.1 Å². The van der Waals surface area contributed by atoms with Crippen molar-refractivity contribution in [3.63, 3.8) is 0 Å². The number of amides is 1. The van der Waals surface area contributed by atoms with Gasteiger partial charge in [0.25, 0.3) is 11.6 Å². The molecule has 2 aromatic carbocycles. The maximum absolute atomic E-state index is 11.8. The Morgan fingerprint density at radius 3 is 2.59 bits per heavy atom. The first-order valence-electron chi connectivity index (χ1n) is 6.42. The van der Waals surface area contributed by atoms with Gasteiger partial charge in [-0.2, -0.15) is 0 Å². The molecule has 0 aliphatic heterocycles. The SMILES string of the molecule is Cc1ccc(OCC(=O)Nc2cc([N+](=O)[O-])ccc2O)cc1. The minimum absolute atomic E-state index is 0.0355. The number of nitrogens with one attached hydrogen (secondary N) is 1. The Morgan fingerprint density at radius 1 is 1.27 bits per heavy atom.